The van der Waals surface area contributed by atoms with Crippen LogP contribution in [0.15, 0.2) is 42.5 Å². The highest BCUT2D eigenvalue weighted by Gasteiger charge is 2.27. The normalized spacial score (nSPS) is 12.2. The van der Waals surface area contributed by atoms with E-state index in [1.54, 1.807) is 49.4 Å². The smallest absolute Gasteiger partial charge is 0.242 e. The first-order valence-electron chi connectivity index (χ1n) is 11.5. The van der Waals surface area contributed by atoms with Crippen molar-refractivity contribution in [3.63, 3.8) is 0 Å². The largest absolute Gasteiger partial charge is 0.497 e. The van der Waals surface area contributed by atoms with Crippen LogP contribution in [0, 0.1) is 0 Å². The molecule has 11 heteroatoms. The molecule has 2 amide bonds. The van der Waals surface area contributed by atoms with Gasteiger partial charge in [0.05, 0.1) is 19.1 Å². The van der Waals surface area contributed by atoms with Gasteiger partial charge in [0, 0.05) is 35.6 Å². The summed E-state index contributed by atoms with van der Waals surface area (Å²) in [6.45, 7) is 5.53. The lowest BCUT2D eigenvalue weighted by molar-refractivity contribution is -0.140. The average Bonchev–Trinajstić information content (AvgIpc) is 2.79. The number of amides is 2. The molecular weight excluding hydrogens is 525 g/mol. The maximum absolute atomic E-state index is 13.3. The van der Waals surface area contributed by atoms with E-state index in [1.165, 1.54) is 16.3 Å². The van der Waals surface area contributed by atoms with Crippen LogP contribution in [0.4, 0.5) is 5.69 Å². The van der Waals surface area contributed by atoms with Crippen LogP contribution in [-0.4, -0.2) is 57.1 Å². The van der Waals surface area contributed by atoms with Crippen molar-refractivity contribution in [2.75, 3.05) is 24.2 Å². The van der Waals surface area contributed by atoms with Crippen molar-refractivity contribution in [1.82, 2.24) is 10.2 Å². The second-order valence-electron chi connectivity index (χ2n) is 8.73. The predicted octanol–water partition coefficient (Wildman–Crippen LogP) is 4.49. The number of hydrogen-bond acceptors (Lipinski definition) is 5. The van der Waals surface area contributed by atoms with Crippen LogP contribution in [0.25, 0.3) is 0 Å². The molecule has 0 unspecified atom stereocenters. The molecule has 0 saturated heterocycles. The number of nitrogens with zero attached hydrogens (tertiary/aromatic N) is 2. The van der Waals surface area contributed by atoms with E-state index in [4.69, 9.17) is 27.9 Å². The van der Waals surface area contributed by atoms with E-state index in [2.05, 4.69) is 5.32 Å². The van der Waals surface area contributed by atoms with Gasteiger partial charge in [-0.05, 0) is 69.2 Å². The van der Waals surface area contributed by atoms with E-state index in [-0.39, 0.29) is 43.8 Å². The number of benzene rings is 2. The number of halogens is 2. The first-order valence-corrected chi connectivity index (χ1v) is 14.1. The van der Waals surface area contributed by atoms with Crippen molar-refractivity contribution >= 4 is 50.7 Å². The summed E-state index contributed by atoms with van der Waals surface area (Å²) in [6, 6.07) is 10.7. The molecule has 0 spiro atoms. The van der Waals surface area contributed by atoms with Gasteiger partial charge >= 0.3 is 0 Å². The van der Waals surface area contributed by atoms with Crippen LogP contribution in [0.2, 0.25) is 10.0 Å². The molecule has 0 radical (unpaired) electrons. The number of hydrogen-bond donors (Lipinski definition) is 1. The molecule has 0 aliphatic rings. The van der Waals surface area contributed by atoms with E-state index in [0.29, 0.717) is 27.0 Å². The molecule has 2 aromatic rings. The Bertz CT molecular complexity index is 1160. The molecular formula is C25H33Cl2N3O5S. The number of carbonyl (C=O) groups is 2. The number of carbonyl (C=O) groups excluding carboxylic acids is 2. The van der Waals surface area contributed by atoms with Gasteiger partial charge in [-0.1, -0.05) is 29.3 Å². The van der Waals surface area contributed by atoms with Crippen LogP contribution < -0.4 is 14.4 Å². The Balaban J connectivity index is 2.20. The lowest BCUT2D eigenvalue weighted by Crippen LogP contribution is -2.49. The third-order valence-electron chi connectivity index (χ3n) is 5.47. The summed E-state index contributed by atoms with van der Waals surface area (Å²) < 4.78 is 31.2. The molecule has 0 heterocycles. The Hall–Kier alpha value is -2.49. The summed E-state index contributed by atoms with van der Waals surface area (Å²) in [5, 5.41) is 3.68. The van der Waals surface area contributed by atoms with Gasteiger partial charge in [-0.15, -0.1) is 0 Å². The molecule has 0 fully saturated rings. The molecule has 1 N–H and O–H groups in total. The maximum atomic E-state index is 13.3. The summed E-state index contributed by atoms with van der Waals surface area (Å²) in [5.41, 5.74) is 1.12. The van der Waals surface area contributed by atoms with Crippen molar-refractivity contribution in [1.29, 1.82) is 0 Å². The monoisotopic (exact) mass is 557 g/mol. The number of methoxy groups -OCH3 is 1. The average molecular weight is 559 g/mol. The van der Waals surface area contributed by atoms with E-state index in [0.717, 1.165) is 6.26 Å². The molecule has 2 aromatic carbocycles. The summed E-state index contributed by atoms with van der Waals surface area (Å²) in [7, 11) is -2.06. The van der Waals surface area contributed by atoms with Crippen LogP contribution in [0.1, 0.15) is 39.2 Å². The Labute approximate surface area is 223 Å². The quantitative estimate of drug-likeness (QED) is 0.414. The molecule has 36 heavy (non-hydrogen) atoms. The van der Waals surface area contributed by atoms with E-state index in [9.17, 15) is 18.0 Å². The predicted molar refractivity (Wildman–Crippen MR) is 144 cm³/mol. The lowest BCUT2D eigenvalue weighted by Gasteiger charge is -2.30. The highest BCUT2D eigenvalue weighted by molar-refractivity contribution is 7.92. The highest BCUT2D eigenvalue weighted by Crippen LogP contribution is 2.25. The number of ether oxygens (including phenoxy) is 1. The van der Waals surface area contributed by atoms with E-state index in [1.807, 2.05) is 13.8 Å². The van der Waals surface area contributed by atoms with Gasteiger partial charge in [0.2, 0.25) is 21.8 Å². The summed E-state index contributed by atoms with van der Waals surface area (Å²) in [6.07, 6.45) is 1.40. The number of anilines is 1. The van der Waals surface area contributed by atoms with Crippen molar-refractivity contribution < 1.29 is 22.7 Å². The topological polar surface area (TPSA) is 96.0 Å². The number of rotatable bonds is 12. The van der Waals surface area contributed by atoms with Crippen LogP contribution >= 0.6 is 23.2 Å². The molecule has 2 rings (SSSR count). The first kappa shape index (κ1) is 29.7. The first-order chi connectivity index (χ1) is 16.8. The lowest BCUT2D eigenvalue weighted by atomic mass is 10.1. The summed E-state index contributed by atoms with van der Waals surface area (Å²) in [5.74, 6) is 0.0163. The SMILES string of the molecule is COc1ccc(N(CCCC(=O)N(Cc2ccc(Cl)cc2Cl)[C@H](C)C(=O)NC(C)C)S(C)(=O)=O)cc1. The molecule has 0 bridgehead atoms. The van der Waals surface area contributed by atoms with Gasteiger partial charge in [-0.25, -0.2) is 8.42 Å². The molecule has 0 aromatic heterocycles. The second kappa shape index (κ2) is 13.2. The van der Waals surface area contributed by atoms with E-state index < -0.39 is 16.1 Å². The number of nitrogens with one attached hydrogen (secondary N) is 1. The zero-order chi connectivity index (χ0) is 27.0. The van der Waals surface area contributed by atoms with Gasteiger partial charge in [-0.2, -0.15) is 0 Å². The standard InChI is InChI=1S/C25H33Cl2N3O5S/c1-17(2)28-25(32)18(3)29(16-19-8-9-20(26)15-23(19)27)24(31)7-6-14-30(36(5,33)34)21-10-12-22(35-4)13-11-21/h8-13,15,17-18H,6-7,14,16H2,1-5H3,(H,28,32)/t18-/m1/s1. The second-order valence-corrected chi connectivity index (χ2v) is 11.5. The van der Waals surface area contributed by atoms with Crippen LogP contribution in [0.3, 0.4) is 0 Å². The molecule has 0 aliphatic carbocycles. The minimum absolute atomic E-state index is 0.0344. The zero-order valence-electron chi connectivity index (χ0n) is 21.1. The maximum Gasteiger partial charge on any atom is 0.242 e. The fourth-order valence-electron chi connectivity index (χ4n) is 3.57. The fraction of sp³-hybridized carbons (Fsp3) is 0.440. The summed E-state index contributed by atoms with van der Waals surface area (Å²) >= 11 is 12.3. The van der Waals surface area contributed by atoms with Gasteiger partial charge in [-0.3, -0.25) is 13.9 Å². The molecule has 0 saturated carbocycles. The Morgan fingerprint density at radius 1 is 1.06 bits per heavy atom. The Morgan fingerprint density at radius 2 is 1.69 bits per heavy atom. The van der Waals surface area contributed by atoms with Gasteiger partial charge in [0.25, 0.3) is 0 Å². The van der Waals surface area contributed by atoms with Crippen LogP contribution in [0.5, 0.6) is 5.75 Å². The Kier molecular flexibility index (Phi) is 10.9. The third kappa shape index (κ3) is 8.57. The van der Waals surface area contributed by atoms with Gasteiger partial charge in [0.15, 0.2) is 0 Å². The van der Waals surface area contributed by atoms with Crippen molar-refractivity contribution in [2.24, 2.45) is 0 Å². The molecule has 0 aliphatic heterocycles. The van der Waals surface area contributed by atoms with Crippen molar-refractivity contribution in [3.8, 4) is 5.75 Å². The minimum atomic E-state index is -3.58. The molecule has 198 valence electrons. The van der Waals surface area contributed by atoms with Crippen molar-refractivity contribution in [2.45, 2.75) is 52.2 Å². The van der Waals surface area contributed by atoms with E-state index >= 15 is 0 Å². The van der Waals surface area contributed by atoms with Crippen LogP contribution in [-0.2, 0) is 26.2 Å². The minimum Gasteiger partial charge on any atom is -0.497 e. The number of sulfonamides is 1. The summed E-state index contributed by atoms with van der Waals surface area (Å²) in [4.78, 5) is 27.5. The zero-order valence-corrected chi connectivity index (χ0v) is 23.5. The highest BCUT2D eigenvalue weighted by atomic mass is 35.5. The van der Waals surface area contributed by atoms with Crippen molar-refractivity contribution in [3.05, 3.63) is 58.1 Å². The third-order valence-corrected chi connectivity index (χ3v) is 7.25. The van der Waals surface area contributed by atoms with Gasteiger partial charge < -0.3 is 15.0 Å². The fourth-order valence-corrected chi connectivity index (χ4v) is 5.01. The Morgan fingerprint density at radius 3 is 2.22 bits per heavy atom. The molecule has 1 atom stereocenters. The van der Waals surface area contributed by atoms with Gasteiger partial charge in [0.1, 0.15) is 11.8 Å². The molecule has 8 nitrogen and oxygen atoms in total.